The van der Waals surface area contributed by atoms with E-state index in [4.69, 9.17) is 12.6 Å². The Labute approximate surface area is 224 Å². The zero-order valence-electron chi connectivity index (χ0n) is 21.1. The van der Waals surface area contributed by atoms with Gasteiger partial charge in [-0.05, 0) is 42.5 Å². The summed E-state index contributed by atoms with van der Waals surface area (Å²) in [5.74, 6) is -3.28. The van der Waals surface area contributed by atoms with Gasteiger partial charge in [0, 0.05) is 29.6 Å². The highest BCUT2D eigenvalue weighted by molar-refractivity contribution is 6.27. The molecule has 0 fully saturated rings. The number of aliphatic hydroxyl groups is 2. The van der Waals surface area contributed by atoms with Crippen LogP contribution in [0.2, 0.25) is 0 Å². The molecule has 3 aliphatic rings. The lowest BCUT2D eigenvalue weighted by atomic mass is 9.77. The van der Waals surface area contributed by atoms with E-state index in [0.29, 0.717) is 27.6 Å². The number of aliphatic hydroxyl groups excluding tert-OH is 1. The van der Waals surface area contributed by atoms with Gasteiger partial charge in [0.05, 0.1) is 35.1 Å². The summed E-state index contributed by atoms with van der Waals surface area (Å²) in [7, 11) is 6.13. The predicted octanol–water partition coefficient (Wildman–Crippen LogP) is 1.83. The number of aromatic nitrogens is 2. The number of fused-ring (bicyclic) bond motifs is 5. The first-order chi connectivity index (χ1) is 18.6. The van der Waals surface area contributed by atoms with Gasteiger partial charge in [-0.2, -0.15) is 13.2 Å². The zero-order valence-corrected chi connectivity index (χ0v) is 21.1. The van der Waals surface area contributed by atoms with Crippen molar-refractivity contribution < 1.29 is 42.1 Å². The highest BCUT2D eigenvalue weighted by Gasteiger charge is 2.56. The molecule has 9 nitrogen and oxygen atoms in total. The Morgan fingerprint density at radius 2 is 1.93 bits per heavy atom. The van der Waals surface area contributed by atoms with E-state index in [2.05, 4.69) is 4.98 Å². The molecule has 0 spiro atoms. The fourth-order valence-electron chi connectivity index (χ4n) is 6.00. The van der Waals surface area contributed by atoms with Crippen LogP contribution in [0.3, 0.4) is 0 Å². The number of esters is 1. The van der Waals surface area contributed by atoms with E-state index in [9.17, 15) is 42.2 Å². The number of likely N-dealkylation sites (N-methyl/N-ethyl adjacent to an activating group) is 1. The van der Waals surface area contributed by atoms with Gasteiger partial charge in [0.2, 0.25) is 0 Å². The first-order valence-electron chi connectivity index (χ1n) is 12.3. The van der Waals surface area contributed by atoms with Gasteiger partial charge < -0.3 is 24.4 Å². The maximum Gasteiger partial charge on any atom is 0.417 e. The molecule has 0 saturated heterocycles. The largest absolute Gasteiger partial charge is 0.458 e. The minimum absolute atomic E-state index is 0.0360. The third-order valence-corrected chi connectivity index (χ3v) is 8.16. The average Bonchev–Trinajstić information content (AvgIpc) is 3.26. The fraction of sp³-hybridized carbons (Fsp3) is 0.385. The van der Waals surface area contributed by atoms with Crippen LogP contribution in [0.25, 0.3) is 22.3 Å². The number of benzene rings is 1. The van der Waals surface area contributed by atoms with Crippen molar-refractivity contribution in [1.82, 2.24) is 14.5 Å². The van der Waals surface area contributed by atoms with Gasteiger partial charge in [0.15, 0.2) is 11.6 Å². The molecule has 2 aliphatic heterocycles. The van der Waals surface area contributed by atoms with Crippen molar-refractivity contribution in [3.05, 3.63) is 61.7 Å². The summed E-state index contributed by atoms with van der Waals surface area (Å²) in [6.07, 6.45) is -6.90. The second kappa shape index (κ2) is 8.37. The molecule has 6 rings (SSSR count). The summed E-state index contributed by atoms with van der Waals surface area (Å²) >= 11 is 0. The Bertz CT molecular complexity index is 1730. The Hall–Kier alpha value is -3.78. The van der Waals surface area contributed by atoms with Crippen LogP contribution in [0.15, 0.2) is 16.9 Å². The van der Waals surface area contributed by atoms with E-state index in [1.165, 1.54) is 16.7 Å². The lowest BCUT2D eigenvalue weighted by molar-refractivity contribution is -0.227. The molecule has 1 amide bonds. The first kappa shape index (κ1) is 26.4. The summed E-state index contributed by atoms with van der Waals surface area (Å²) in [6, 6.07) is 1.54. The van der Waals surface area contributed by atoms with E-state index in [0.717, 1.165) is 11.9 Å². The van der Waals surface area contributed by atoms with Crippen molar-refractivity contribution in [2.75, 3.05) is 7.05 Å². The summed E-state index contributed by atoms with van der Waals surface area (Å²) in [4.78, 5) is 43.6. The molecule has 3 aromatic rings. The van der Waals surface area contributed by atoms with Crippen molar-refractivity contribution in [3.8, 4) is 11.4 Å². The standard InChI is InChI=1S/C26H20BF4N3O6/c1-9-10-3-4-16(33(2)24(38)25(27,39)26(29,30)31)19-12-7-34-17(20(12)32-15(18(10)19)6-14(9)28)5-11-13(22(34)36)8-40-23(37)21(11)35/h5-6,16,21,35,39H,3-4,7-8H2,1-2H3. The summed E-state index contributed by atoms with van der Waals surface area (Å²) < 4.78 is 61.5. The quantitative estimate of drug-likeness (QED) is 0.219. The van der Waals surface area contributed by atoms with E-state index in [1.54, 1.807) is 6.92 Å². The number of nitrogens with zero attached hydrogens (tertiary/aromatic N) is 3. The number of amides is 1. The number of aryl methyl sites for hydroxylation is 1. The molecular formula is C26H20BF4N3O6. The number of alkyl halides is 3. The average molecular weight is 557 g/mol. The molecule has 3 unspecified atom stereocenters. The second-order valence-electron chi connectivity index (χ2n) is 10.3. The van der Waals surface area contributed by atoms with Crippen LogP contribution in [0.5, 0.6) is 0 Å². The number of hydrogen-bond donors (Lipinski definition) is 2. The summed E-state index contributed by atoms with van der Waals surface area (Å²) in [5.41, 5.74) is -2.45. The van der Waals surface area contributed by atoms with Crippen LogP contribution >= 0.6 is 0 Å². The Morgan fingerprint density at radius 3 is 2.60 bits per heavy atom. The second-order valence-corrected chi connectivity index (χ2v) is 10.3. The molecule has 1 aliphatic carbocycles. The molecule has 0 saturated carbocycles. The molecule has 3 atom stereocenters. The number of ether oxygens (including phenoxy) is 1. The number of rotatable bonds is 2. The van der Waals surface area contributed by atoms with Gasteiger partial charge >= 0.3 is 12.1 Å². The van der Waals surface area contributed by atoms with Crippen LogP contribution in [0.1, 0.15) is 51.9 Å². The van der Waals surface area contributed by atoms with Gasteiger partial charge in [-0.15, -0.1) is 0 Å². The van der Waals surface area contributed by atoms with Crippen molar-refractivity contribution in [2.24, 2.45) is 0 Å². The molecule has 2 radical (unpaired) electrons. The smallest absolute Gasteiger partial charge is 0.417 e. The van der Waals surface area contributed by atoms with Crippen LogP contribution in [-0.4, -0.2) is 63.1 Å². The fourth-order valence-corrected chi connectivity index (χ4v) is 6.00. The molecule has 40 heavy (non-hydrogen) atoms. The zero-order chi connectivity index (χ0) is 29.0. The lowest BCUT2D eigenvalue weighted by Crippen LogP contribution is -2.58. The molecule has 1 aromatic carbocycles. The minimum Gasteiger partial charge on any atom is -0.458 e. The highest BCUT2D eigenvalue weighted by atomic mass is 19.4. The Kier molecular flexibility index (Phi) is 5.53. The van der Waals surface area contributed by atoms with Gasteiger partial charge in [-0.25, -0.2) is 14.2 Å². The molecule has 4 heterocycles. The molecule has 206 valence electrons. The van der Waals surface area contributed by atoms with Crippen LogP contribution in [-0.2, 0) is 33.9 Å². The van der Waals surface area contributed by atoms with Crippen LogP contribution < -0.4 is 5.56 Å². The van der Waals surface area contributed by atoms with Gasteiger partial charge in [-0.3, -0.25) is 9.59 Å². The summed E-state index contributed by atoms with van der Waals surface area (Å²) in [5, 5.41) is 20.7. The number of hydrogen-bond acceptors (Lipinski definition) is 7. The number of carbonyl (C=O) groups excluding carboxylic acids is 2. The van der Waals surface area contributed by atoms with Crippen LogP contribution in [0.4, 0.5) is 17.6 Å². The maximum atomic E-state index is 14.9. The van der Waals surface area contributed by atoms with E-state index in [-0.39, 0.29) is 54.0 Å². The molecule has 0 bridgehead atoms. The monoisotopic (exact) mass is 557 g/mol. The predicted molar refractivity (Wildman–Crippen MR) is 131 cm³/mol. The number of carbonyl (C=O) groups is 2. The van der Waals surface area contributed by atoms with Crippen molar-refractivity contribution >= 4 is 30.6 Å². The van der Waals surface area contributed by atoms with Gasteiger partial charge in [-0.1, -0.05) is 0 Å². The first-order valence-corrected chi connectivity index (χ1v) is 12.3. The Balaban J connectivity index is 1.61. The molecule has 2 N–H and O–H groups in total. The van der Waals surface area contributed by atoms with E-state index >= 15 is 0 Å². The number of halogens is 4. The van der Waals surface area contributed by atoms with Crippen molar-refractivity contribution in [1.29, 1.82) is 0 Å². The topological polar surface area (TPSA) is 122 Å². The van der Waals surface area contributed by atoms with Crippen molar-refractivity contribution in [2.45, 2.75) is 56.7 Å². The third kappa shape index (κ3) is 3.41. The Morgan fingerprint density at radius 1 is 1.23 bits per heavy atom. The molecular weight excluding hydrogens is 537 g/mol. The molecule has 14 heteroatoms. The highest BCUT2D eigenvalue weighted by Crippen LogP contribution is 2.47. The van der Waals surface area contributed by atoms with Crippen molar-refractivity contribution in [3.63, 3.8) is 0 Å². The lowest BCUT2D eigenvalue weighted by Gasteiger charge is -2.38. The van der Waals surface area contributed by atoms with Gasteiger partial charge in [0.25, 0.3) is 11.5 Å². The third-order valence-electron chi connectivity index (χ3n) is 8.16. The molecule has 2 aromatic heterocycles. The summed E-state index contributed by atoms with van der Waals surface area (Å²) in [6.45, 7) is 1.10. The number of cyclic esters (lactones) is 1. The van der Waals surface area contributed by atoms with E-state index in [1.807, 2.05) is 0 Å². The van der Waals surface area contributed by atoms with Crippen LogP contribution in [0, 0.1) is 12.7 Å². The minimum atomic E-state index is -5.46. The number of pyridine rings is 2. The maximum absolute atomic E-state index is 14.9. The SMILES string of the molecule is [B]C(O)(C(=O)N(C)C1CCc2c(C)c(F)cc3nc4c(c1c23)Cn1c-4cc2c(c1=O)COC(=O)C2O)C(F)(F)F. The van der Waals surface area contributed by atoms with E-state index < -0.39 is 47.1 Å². The van der Waals surface area contributed by atoms with Gasteiger partial charge in [0.1, 0.15) is 20.3 Å². The normalized spacial score (nSPS) is 20.9.